The molecule has 0 saturated heterocycles. The number of rotatable bonds is 5. The minimum absolute atomic E-state index is 0.00781. The van der Waals surface area contributed by atoms with Crippen LogP contribution in [0.1, 0.15) is 24.0 Å². The van der Waals surface area contributed by atoms with E-state index >= 15 is 0 Å². The highest BCUT2D eigenvalue weighted by molar-refractivity contribution is 5.91. The van der Waals surface area contributed by atoms with Crippen LogP contribution < -0.4 is 10.6 Å². The van der Waals surface area contributed by atoms with Crippen LogP contribution in [0.5, 0.6) is 5.75 Å². The Morgan fingerprint density at radius 1 is 1.29 bits per heavy atom. The number of aryl methyl sites for hydroxylation is 2. The van der Waals surface area contributed by atoms with E-state index in [0.717, 1.165) is 29.8 Å². The summed E-state index contributed by atoms with van der Waals surface area (Å²) in [6, 6.07) is 3.46. The first kappa shape index (κ1) is 13.5. The molecule has 0 heterocycles. The minimum Gasteiger partial charge on any atom is -0.508 e. The molecular weight excluding hydrogens is 216 g/mol. The van der Waals surface area contributed by atoms with Crippen LogP contribution in [-0.4, -0.2) is 24.6 Å². The standard InChI is InChI=1S/C13H20N2O2/c1-9-8-12(16)10(2)7-11(9)15-13(17)5-4-6-14-3/h7-8,14,16H,4-6H2,1-3H3,(H,15,17). The van der Waals surface area contributed by atoms with Gasteiger partial charge in [-0.05, 0) is 57.1 Å². The van der Waals surface area contributed by atoms with Gasteiger partial charge in [-0.1, -0.05) is 0 Å². The highest BCUT2D eigenvalue weighted by Gasteiger charge is 2.07. The lowest BCUT2D eigenvalue weighted by Gasteiger charge is -2.10. The second-order valence-corrected chi connectivity index (χ2v) is 4.21. The number of amides is 1. The Balaban J connectivity index is 2.62. The Morgan fingerprint density at radius 2 is 2.00 bits per heavy atom. The van der Waals surface area contributed by atoms with Crippen LogP contribution in [-0.2, 0) is 4.79 Å². The zero-order chi connectivity index (χ0) is 12.8. The summed E-state index contributed by atoms with van der Waals surface area (Å²) < 4.78 is 0. The van der Waals surface area contributed by atoms with E-state index in [2.05, 4.69) is 10.6 Å². The second kappa shape index (κ2) is 6.25. The Labute approximate surface area is 102 Å². The molecule has 4 heteroatoms. The molecule has 4 nitrogen and oxygen atoms in total. The van der Waals surface area contributed by atoms with E-state index < -0.39 is 0 Å². The molecule has 0 fully saturated rings. The summed E-state index contributed by atoms with van der Waals surface area (Å²) >= 11 is 0. The van der Waals surface area contributed by atoms with Crippen LogP contribution in [0.15, 0.2) is 12.1 Å². The first-order chi connectivity index (χ1) is 8.04. The number of benzene rings is 1. The van der Waals surface area contributed by atoms with Gasteiger partial charge >= 0.3 is 0 Å². The molecule has 0 aromatic heterocycles. The van der Waals surface area contributed by atoms with Gasteiger partial charge in [0.15, 0.2) is 0 Å². The quantitative estimate of drug-likeness (QED) is 0.541. The third-order valence-electron chi connectivity index (χ3n) is 2.65. The summed E-state index contributed by atoms with van der Waals surface area (Å²) in [5.41, 5.74) is 2.41. The average Bonchev–Trinajstić information content (AvgIpc) is 2.26. The van der Waals surface area contributed by atoms with Gasteiger partial charge in [0.2, 0.25) is 5.91 Å². The van der Waals surface area contributed by atoms with Crippen molar-refractivity contribution in [3.63, 3.8) is 0 Å². The van der Waals surface area contributed by atoms with Crippen LogP contribution >= 0.6 is 0 Å². The maximum absolute atomic E-state index is 11.6. The molecule has 0 bridgehead atoms. The highest BCUT2D eigenvalue weighted by Crippen LogP contribution is 2.24. The Hall–Kier alpha value is -1.55. The smallest absolute Gasteiger partial charge is 0.224 e. The molecule has 17 heavy (non-hydrogen) atoms. The number of hydrogen-bond acceptors (Lipinski definition) is 3. The fourth-order valence-corrected chi connectivity index (χ4v) is 1.57. The van der Waals surface area contributed by atoms with Crippen LogP contribution in [0.2, 0.25) is 0 Å². The molecule has 3 N–H and O–H groups in total. The van der Waals surface area contributed by atoms with Gasteiger partial charge in [-0.3, -0.25) is 4.79 Å². The van der Waals surface area contributed by atoms with Crippen molar-refractivity contribution in [1.82, 2.24) is 5.32 Å². The summed E-state index contributed by atoms with van der Waals surface area (Å²) in [6.07, 6.45) is 1.32. The summed E-state index contributed by atoms with van der Waals surface area (Å²) in [4.78, 5) is 11.6. The molecule has 1 aromatic carbocycles. The van der Waals surface area contributed by atoms with Gasteiger partial charge in [0.05, 0.1) is 0 Å². The predicted octanol–water partition coefficient (Wildman–Crippen LogP) is 1.95. The van der Waals surface area contributed by atoms with E-state index in [1.165, 1.54) is 0 Å². The van der Waals surface area contributed by atoms with Gasteiger partial charge < -0.3 is 15.7 Å². The fraction of sp³-hybridized carbons (Fsp3) is 0.462. The van der Waals surface area contributed by atoms with Crippen LogP contribution in [0.3, 0.4) is 0 Å². The number of anilines is 1. The number of phenols is 1. The van der Waals surface area contributed by atoms with Gasteiger partial charge in [-0.25, -0.2) is 0 Å². The summed E-state index contributed by atoms with van der Waals surface area (Å²) in [5.74, 6) is 0.268. The molecule has 0 aliphatic heterocycles. The molecule has 1 rings (SSSR count). The molecule has 0 saturated carbocycles. The molecule has 1 amide bonds. The molecule has 0 radical (unpaired) electrons. The number of carbonyl (C=O) groups is 1. The molecule has 94 valence electrons. The van der Waals surface area contributed by atoms with E-state index in [9.17, 15) is 9.90 Å². The van der Waals surface area contributed by atoms with Gasteiger partial charge in [0, 0.05) is 12.1 Å². The van der Waals surface area contributed by atoms with Crippen molar-refractivity contribution in [2.24, 2.45) is 0 Å². The lowest BCUT2D eigenvalue weighted by Crippen LogP contribution is -2.15. The minimum atomic E-state index is 0.00781. The maximum Gasteiger partial charge on any atom is 0.224 e. The van der Waals surface area contributed by atoms with Crippen molar-refractivity contribution < 1.29 is 9.90 Å². The first-order valence-corrected chi connectivity index (χ1v) is 5.79. The van der Waals surface area contributed by atoms with Gasteiger partial charge in [0.1, 0.15) is 5.75 Å². The van der Waals surface area contributed by atoms with Crippen molar-refractivity contribution >= 4 is 11.6 Å². The molecule has 0 aliphatic rings. The van der Waals surface area contributed by atoms with Crippen molar-refractivity contribution in [2.75, 3.05) is 18.9 Å². The zero-order valence-electron chi connectivity index (χ0n) is 10.6. The number of carbonyl (C=O) groups excluding carboxylic acids is 1. The first-order valence-electron chi connectivity index (χ1n) is 5.79. The molecule has 0 aliphatic carbocycles. The number of nitrogens with one attached hydrogen (secondary N) is 2. The third kappa shape index (κ3) is 4.07. The maximum atomic E-state index is 11.6. The largest absolute Gasteiger partial charge is 0.508 e. The molecule has 1 aromatic rings. The fourth-order valence-electron chi connectivity index (χ4n) is 1.57. The van der Waals surface area contributed by atoms with Gasteiger partial charge in [-0.15, -0.1) is 0 Å². The van der Waals surface area contributed by atoms with Crippen molar-refractivity contribution in [3.8, 4) is 5.75 Å². The average molecular weight is 236 g/mol. The summed E-state index contributed by atoms with van der Waals surface area (Å²) in [5, 5.41) is 15.4. The molecule has 0 unspecified atom stereocenters. The van der Waals surface area contributed by atoms with E-state index in [1.807, 2.05) is 20.9 Å². The van der Waals surface area contributed by atoms with E-state index in [-0.39, 0.29) is 11.7 Å². The van der Waals surface area contributed by atoms with E-state index in [1.54, 1.807) is 12.1 Å². The Morgan fingerprint density at radius 3 is 2.65 bits per heavy atom. The number of phenolic OH excluding ortho intramolecular Hbond substituents is 1. The Kier molecular flexibility index (Phi) is 4.97. The molecule has 0 spiro atoms. The van der Waals surface area contributed by atoms with Crippen LogP contribution in [0, 0.1) is 13.8 Å². The van der Waals surface area contributed by atoms with Crippen molar-refractivity contribution in [3.05, 3.63) is 23.3 Å². The summed E-state index contributed by atoms with van der Waals surface area (Å²) in [7, 11) is 1.87. The predicted molar refractivity (Wildman–Crippen MR) is 69.4 cm³/mol. The highest BCUT2D eigenvalue weighted by atomic mass is 16.3. The molecular formula is C13H20N2O2. The monoisotopic (exact) mass is 236 g/mol. The van der Waals surface area contributed by atoms with Gasteiger partial charge in [-0.2, -0.15) is 0 Å². The van der Waals surface area contributed by atoms with Crippen molar-refractivity contribution in [2.45, 2.75) is 26.7 Å². The van der Waals surface area contributed by atoms with Crippen molar-refractivity contribution in [1.29, 1.82) is 0 Å². The zero-order valence-corrected chi connectivity index (χ0v) is 10.6. The Bertz CT molecular complexity index is 403. The normalized spacial score (nSPS) is 10.3. The lowest BCUT2D eigenvalue weighted by atomic mass is 10.1. The van der Waals surface area contributed by atoms with Crippen LogP contribution in [0.25, 0.3) is 0 Å². The molecule has 0 atom stereocenters. The number of aromatic hydroxyl groups is 1. The number of hydrogen-bond donors (Lipinski definition) is 3. The summed E-state index contributed by atoms with van der Waals surface area (Å²) in [6.45, 7) is 4.51. The van der Waals surface area contributed by atoms with E-state index in [4.69, 9.17) is 0 Å². The van der Waals surface area contributed by atoms with E-state index in [0.29, 0.717) is 6.42 Å². The van der Waals surface area contributed by atoms with Gasteiger partial charge in [0.25, 0.3) is 0 Å². The third-order valence-corrected chi connectivity index (χ3v) is 2.65. The topological polar surface area (TPSA) is 61.4 Å². The second-order valence-electron chi connectivity index (χ2n) is 4.21. The van der Waals surface area contributed by atoms with Crippen LogP contribution in [0.4, 0.5) is 5.69 Å². The lowest BCUT2D eigenvalue weighted by molar-refractivity contribution is -0.116. The SMILES string of the molecule is CNCCCC(=O)Nc1cc(C)c(O)cc1C.